The summed E-state index contributed by atoms with van der Waals surface area (Å²) >= 11 is 0. The maximum atomic E-state index is 12.9. The quantitative estimate of drug-likeness (QED) is 0.851. The highest BCUT2D eigenvalue weighted by Gasteiger charge is 2.43. The van der Waals surface area contributed by atoms with Crippen LogP contribution in [0.5, 0.6) is 17.2 Å². The Morgan fingerprint density at radius 3 is 2.71 bits per heavy atom. The molecular formula is C16H11F2NO5. The van der Waals surface area contributed by atoms with Gasteiger partial charge in [0.05, 0.1) is 5.56 Å². The fourth-order valence-electron chi connectivity index (χ4n) is 2.08. The van der Waals surface area contributed by atoms with E-state index < -0.39 is 12.2 Å². The molecule has 8 heteroatoms. The molecular weight excluding hydrogens is 324 g/mol. The number of hydrogen-bond donors (Lipinski definition) is 1. The lowest BCUT2D eigenvalue weighted by Gasteiger charge is -2.09. The van der Waals surface area contributed by atoms with E-state index in [9.17, 15) is 18.4 Å². The molecule has 24 heavy (non-hydrogen) atoms. The first-order chi connectivity index (χ1) is 11.5. The Hall–Kier alpha value is -3.16. The molecule has 2 aromatic carbocycles. The van der Waals surface area contributed by atoms with Crippen molar-refractivity contribution in [1.29, 1.82) is 0 Å². The van der Waals surface area contributed by atoms with Crippen molar-refractivity contribution in [3.8, 4) is 17.2 Å². The molecule has 6 nitrogen and oxygen atoms in total. The molecule has 0 aromatic heterocycles. The first-order valence-electron chi connectivity index (χ1n) is 6.83. The van der Waals surface area contributed by atoms with Gasteiger partial charge < -0.3 is 19.5 Å². The van der Waals surface area contributed by atoms with E-state index in [-0.39, 0.29) is 29.5 Å². The van der Waals surface area contributed by atoms with Crippen LogP contribution < -0.4 is 19.5 Å². The predicted octanol–water partition coefficient (Wildman–Crippen LogP) is 2.84. The van der Waals surface area contributed by atoms with E-state index in [2.05, 4.69) is 14.8 Å². The van der Waals surface area contributed by atoms with Crippen LogP contribution in [0.15, 0.2) is 42.5 Å². The number of rotatable bonds is 5. The molecule has 0 atom stereocenters. The van der Waals surface area contributed by atoms with Crippen LogP contribution in [0.3, 0.4) is 0 Å². The smallest absolute Gasteiger partial charge is 0.483 e. The van der Waals surface area contributed by atoms with E-state index in [4.69, 9.17) is 4.74 Å². The highest BCUT2D eigenvalue weighted by atomic mass is 19.3. The summed E-state index contributed by atoms with van der Waals surface area (Å²) in [5.74, 6) is -0.548. The molecule has 0 saturated carbocycles. The Bertz CT molecular complexity index is 794. The van der Waals surface area contributed by atoms with E-state index in [1.807, 2.05) is 0 Å². The number of hydrogen-bond acceptors (Lipinski definition) is 5. The maximum absolute atomic E-state index is 12.9. The number of halogens is 2. The topological polar surface area (TPSA) is 73.9 Å². The number of benzene rings is 2. The number of carbonyl (C=O) groups is 2. The molecule has 1 N–H and O–H groups in total. The number of alkyl halides is 2. The Morgan fingerprint density at radius 2 is 1.92 bits per heavy atom. The minimum Gasteiger partial charge on any atom is -0.483 e. The minimum atomic E-state index is -3.72. The van der Waals surface area contributed by atoms with Crippen molar-refractivity contribution in [2.45, 2.75) is 6.29 Å². The SMILES string of the molecule is O=Cc1ccccc1OCC(=O)Nc1ccc2c(c1)OC(F)(F)O2. The van der Waals surface area contributed by atoms with Crippen molar-refractivity contribution in [3.05, 3.63) is 48.0 Å². The van der Waals surface area contributed by atoms with Gasteiger partial charge in [-0.3, -0.25) is 9.59 Å². The number of anilines is 1. The first-order valence-corrected chi connectivity index (χ1v) is 6.83. The molecule has 0 radical (unpaired) electrons. The highest BCUT2D eigenvalue weighted by Crippen LogP contribution is 2.42. The second kappa shape index (κ2) is 6.15. The second-order valence-electron chi connectivity index (χ2n) is 4.82. The Kier molecular flexibility index (Phi) is 4.03. The number of nitrogens with one attached hydrogen (secondary N) is 1. The molecule has 0 bridgehead atoms. The van der Waals surface area contributed by atoms with Crippen LogP contribution in [0.25, 0.3) is 0 Å². The van der Waals surface area contributed by atoms with Crippen LogP contribution in [0.4, 0.5) is 14.5 Å². The standard InChI is InChI=1S/C16H11F2NO5/c17-16(18)23-13-6-5-11(7-14(13)24-16)19-15(21)9-22-12-4-2-1-3-10(12)8-20/h1-8H,9H2,(H,19,21). The summed E-state index contributed by atoms with van der Waals surface area (Å²) in [5.41, 5.74) is 0.558. The van der Waals surface area contributed by atoms with Gasteiger partial charge in [0, 0.05) is 11.8 Å². The van der Waals surface area contributed by atoms with Crippen LogP contribution >= 0.6 is 0 Å². The number of fused-ring (bicyclic) bond motifs is 1. The summed E-state index contributed by atoms with van der Waals surface area (Å²) in [6, 6.07) is 10.3. The fraction of sp³-hybridized carbons (Fsp3) is 0.125. The zero-order valence-electron chi connectivity index (χ0n) is 12.1. The normalized spacial score (nSPS) is 14.1. The van der Waals surface area contributed by atoms with Gasteiger partial charge in [-0.2, -0.15) is 0 Å². The van der Waals surface area contributed by atoms with Gasteiger partial charge in [-0.05, 0) is 24.3 Å². The summed E-state index contributed by atoms with van der Waals surface area (Å²) < 4.78 is 39.7. The van der Waals surface area contributed by atoms with Gasteiger partial charge in [-0.15, -0.1) is 8.78 Å². The van der Waals surface area contributed by atoms with E-state index in [1.165, 1.54) is 18.2 Å². The summed E-state index contributed by atoms with van der Waals surface area (Å²) in [6.45, 7) is -0.352. The Labute approximate surface area is 134 Å². The van der Waals surface area contributed by atoms with E-state index >= 15 is 0 Å². The Balaban J connectivity index is 1.61. The molecule has 0 unspecified atom stereocenters. The number of carbonyl (C=O) groups excluding carboxylic acids is 2. The van der Waals surface area contributed by atoms with Crippen molar-refractivity contribution in [3.63, 3.8) is 0 Å². The average molecular weight is 335 g/mol. The lowest BCUT2D eigenvalue weighted by atomic mass is 10.2. The fourth-order valence-corrected chi connectivity index (χ4v) is 2.08. The van der Waals surface area contributed by atoms with Crippen molar-refractivity contribution in [2.24, 2.45) is 0 Å². The van der Waals surface area contributed by atoms with Gasteiger partial charge >= 0.3 is 6.29 Å². The second-order valence-corrected chi connectivity index (χ2v) is 4.82. The van der Waals surface area contributed by atoms with Gasteiger partial charge in [0.15, 0.2) is 24.4 Å². The van der Waals surface area contributed by atoms with E-state index in [1.54, 1.807) is 24.3 Å². The first kappa shape index (κ1) is 15.7. The number of amides is 1. The van der Waals surface area contributed by atoms with Gasteiger partial charge in [-0.25, -0.2) is 0 Å². The van der Waals surface area contributed by atoms with Crippen molar-refractivity contribution < 1.29 is 32.6 Å². The molecule has 124 valence electrons. The molecule has 1 aliphatic heterocycles. The third-order valence-electron chi connectivity index (χ3n) is 3.09. The van der Waals surface area contributed by atoms with Crippen LogP contribution in [0.2, 0.25) is 0 Å². The van der Waals surface area contributed by atoms with Crippen LogP contribution in [-0.2, 0) is 4.79 Å². The average Bonchev–Trinajstić information content (AvgIpc) is 2.86. The molecule has 1 amide bonds. The minimum absolute atomic E-state index is 0.117. The number of aldehydes is 1. The van der Waals surface area contributed by atoms with Crippen molar-refractivity contribution in [1.82, 2.24) is 0 Å². The molecule has 1 aliphatic rings. The molecule has 0 fully saturated rings. The summed E-state index contributed by atoms with van der Waals surface area (Å²) in [6.07, 6.45) is -3.10. The molecule has 2 aromatic rings. The van der Waals surface area contributed by atoms with Gasteiger partial charge in [0.2, 0.25) is 0 Å². The monoisotopic (exact) mass is 335 g/mol. The number of ether oxygens (including phenoxy) is 3. The highest BCUT2D eigenvalue weighted by molar-refractivity contribution is 5.92. The van der Waals surface area contributed by atoms with Crippen molar-refractivity contribution in [2.75, 3.05) is 11.9 Å². The zero-order valence-corrected chi connectivity index (χ0v) is 12.1. The third kappa shape index (κ3) is 3.43. The van der Waals surface area contributed by atoms with E-state index in [0.29, 0.717) is 11.8 Å². The molecule has 0 spiro atoms. The summed E-state index contributed by atoms with van der Waals surface area (Å²) in [4.78, 5) is 22.7. The lowest BCUT2D eigenvalue weighted by molar-refractivity contribution is -0.286. The maximum Gasteiger partial charge on any atom is 0.586 e. The van der Waals surface area contributed by atoms with Crippen molar-refractivity contribution >= 4 is 17.9 Å². The van der Waals surface area contributed by atoms with E-state index in [0.717, 1.165) is 0 Å². The molecule has 0 aliphatic carbocycles. The van der Waals surface area contributed by atoms with Crippen LogP contribution in [-0.4, -0.2) is 25.1 Å². The van der Waals surface area contributed by atoms with Gasteiger partial charge in [0.1, 0.15) is 5.75 Å². The largest absolute Gasteiger partial charge is 0.586 e. The van der Waals surface area contributed by atoms with Crippen LogP contribution in [0, 0.1) is 0 Å². The summed E-state index contributed by atoms with van der Waals surface area (Å²) in [7, 11) is 0. The van der Waals surface area contributed by atoms with Gasteiger partial charge in [-0.1, -0.05) is 12.1 Å². The number of para-hydroxylation sites is 1. The third-order valence-corrected chi connectivity index (χ3v) is 3.09. The van der Waals surface area contributed by atoms with Gasteiger partial charge in [0.25, 0.3) is 5.91 Å². The molecule has 3 rings (SSSR count). The Morgan fingerprint density at radius 1 is 1.17 bits per heavy atom. The lowest BCUT2D eigenvalue weighted by Crippen LogP contribution is -2.25. The predicted molar refractivity (Wildman–Crippen MR) is 78.6 cm³/mol. The zero-order chi connectivity index (χ0) is 17.2. The molecule has 1 heterocycles. The summed E-state index contributed by atoms with van der Waals surface area (Å²) in [5, 5.41) is 2.47. The van der Waals surface area contributed by atoms with Crippen LogP contribution in [0.1, 0.15) is 10.4 Å². The molecule has 0 saturated heterocycles.